The minimum Gasteiger partial charge on any atom is -0.389 e. The van der Waals surface area contributed by atoms with E-state index in [9.17, 15) is 5.11 Å². The van der Waals surface area contributed by atoms with Gasteiger partial charge >= 0.3 is 0 Å². The molecule has 0 bridgehead atoms. The predicted octanol–water partition coefficient (Wildman–Crippen LogP) is 4.24. The molecule has 2 aliphatic heterocycles. The van der Waals surface area contributed by atoms with Gasteiger partial charge in [0.05, 0.1) is 25.9 Å². The van der Waals surface area contributed by atoms with Crippen LogP contribution in [0.3, 0.4) is 0 Å². The smallest absolute Gasteiger partial charge is 0.0900 e. The van der Waals surface area contributed by atoms with Gasteiger partial charge in [-0.3, -0.25) is 4.90 Å². The van der Waals surface area contributed by atoms with E-state index in [1.54, 1.807) is 7.11 Å². The second-order valence-corrected chi connectivity index (χ2v) is 11.9. The monoisotopic (exact) mass is 398 g/mol. The first kappa shape index (κ1) is 24.1. The van der Waals surface area contributed by atoms with Crippen molar-refractivity contribution in [3.63, 3.8) is 0 Å². The zero-order chi connectivity index (χ0) is 21.5. The average Bonchev–Trinajstić information content (AvgIpc) is 2.45. The van der Waals surface area contributed by atoms with Gasteiger partial charge in [0.25, 0.3) is 0 Å². The van der Waals surface area contributed by atoms with Gasteiger partial charge in [-0.15, -0.1) is 0 Å². The van der Waals surface area contributed by atoms with Crippen LogP contribution in [0.4, 0.5) is 0 Å². The van der Waals surface area contributed by atoms with Crippen LogP contribution in [0.15, 0.2) is 0 Å². The Morgan fingerprint density at radius 2 is 1.32 bits per heavy atom. The third kappa shape index (κ3) is 5.28. The fourth-order valence-corrected chi connectivity index (χ4v) is 6.61. The Bertz CT molecular complexity index is 494. The van der Waals surface area contributed by atoms with Gasteiger partial charge in [-0.1, -0.05) is 6.92 Å². The van der Waals surface area contributed by atoms with Crippen molar-refractivity contribution < 1.29 is 14.7 Å². The zero-order valence-corrected chi connectivity index (χ0v) is 20.1. The molecule has 0 aromatic carbocycles. The van der Waals surface area contributed by atoms with Crippen molar-refractivity contribution in [3.8, 4) is 0 Å². The molecule has 0 amide bonds. The van der Waals surface area contributed by atoms with E-state index in [1.807, 2.05) is 0 Å². The van der Waals surface area contributed by atoms with Crippen molar-refractivity contribution >= 4 is 0 Å². The second kappa shape index (κ2) is 8.14. The SMILES string of the molecule is CON1C(C)(C)CC(OCC(O)CN2C(C)(C)CC(C)CC2(C)C)CC1(C)C. The van der Waals surface area contributed by atoms with Gasteiger partial charge in [0, 0.05) is 28.7 Å². The number of hydrogen-bond acceptors (Lipinski definition) is 5. The first-order valence-electron chi connectivity index (χ1n) is 11.0. The van der Waals surface area contributed by atoms with Crippen LogP contribution >= 0.6 is 0 Å². The van der Waals surface area contributed by atoms with Crippen LogP contribution in [0.1, 0.15) is 88.0 Å². The molecule has 2 heterocycles. The summed E-state index contributed by atoms with van der Waals surface area (Å²) in [7, 11) is 1.75. The highest BCUT2D eigenvalue weighted by Gasteiger charge is 2.47. The van der Waals surface area contributed by atoms with Gasteiger partial charge in [-0.25, -0.2) is 0 Å². The molecule has 0 spiro atoms. The highest BCUT2D eigenvalue weighted by atomic mass is 16.7. The number of aliphatic hydroxyl groups is 1. The van der Waals surface area contributed by atoms with E-state index in [0.717, 1.165) is 12.8 Å². The van der Waals surface area contributed by atoms with E-state index < -0.39 is 6.10 Å². The Balaban J connectivity index is 1.96. The lowest BCUT2D eigenvalue weighted by molar-refractivity contribution is -0.281. The Morgan fingerprint density at radius 1 is 0.857 bits per heavy atom. The van der Waals surface area contributed by atoms with Crippen molar-refractivity contribution in [2.75, 3.05) is 20.3 Å². The first-order valence-corrected chi connectivity index (χ1v) is 11.0. The van der Waals surface area contributed by atoms with Gasteiger partial charge in [0.1, 0.15) is 0 Å². The normalized spacial score (nSPS) is 29.7. The Morgan fingerprint density at radius 3 is 1.75 bits per heavy atom. The van der Waals surface area contributed by atoms with Crippen molar-refractivity contribution in [1.82, 2.24) is 9.96 Å². The molecule has 1 atom stereocenters. The van der Waals surface area contributed by atoms with E-state index in [-0.39, 0.29) is 28.3 Å². The summed E-state index contributed by atoms with van der Waals surface area (Å²) in [4.78, 5) is 8.17. The van der Waals surface area contributed by atoms with E-state index in [0.29, 0.717) is 19.1 Å². The zero-order valence-electron chi connectivity index (χ0n) is 20.1. The molecule has 1 unspecified atom stereocenters. The number of likely N-dealkylation sites (tertiary alicyclic amines) is 1. The maximum Gasteiger partial charge on any atom is 0.0900 e. The minimum atomic E-state index is -0.473. The van der Waals surface area contributed by atoms with Gasteiger partial charge in [0.2, 0.25) is 0 Å². The van der Waals surface area contributed by atoms with Crippen LogP contribution in [-0.2, 0) is 9.57 Å². The maximum atomic E-state index is 10.8. The molecule has 2 fully saturated rings. The molecule has 2 saturated heterocycles. The molecule has 5 heteroatoms. The van der Waals surface area contributed by atoms with Crippen LogP contribution in [0.2, 0.25) is 0 Å². The van der Waals surface area contributed by atoms with Crippen molar-refractivity contribution in [1.29, 1.82) is 0 Å². The van der Waals surface area contributed by atoms with E-state index in [4.69, 9.17) is 9.57 Å². The van der Waals surface area contributed by atoms with Gasteiger partial charge < -0.3 is 14.7 Å². The molecule has 0 aromatic rings. The Kier molecular flexibility index (Phi) is 7.00. The topological polar surface area (TPSA) is 45.2 Å². The van der Waals surface area contributed by atoms with Crippen LogP contribution in [0.5, 0.6) is 0 Å². The summed E-state index contributed by atoms with van der Waals surface area (Å²) in [5.74, 6) is 0.713. The van der Waals surface area contributed by atoms with Crippen LogP contribution in [-0.4, -0.2) is 69.7 Å². The van der Waals surface area contributed by atoms with Gasteiger partial charge in [0.15, 0.2) is 0 Å². The summed E-state index contributed by atoms with van der Waals surface area (Å²) in [5, 5.41) is 12.9. The molecule has 0 aromatic heterocycles. The highest BCUT2D eigenvalue weighted by Crippen LogP contribution is 2.42. The molecule has 0 radical (unpaired) electrons. The molecule has 2 aliphatic rings. The Labute approximate surface area is 173 Å². The molecule has 0 saturated carbocycles. The molecule has 0 aliphatic carbocycles. The van der Waals surface area contributed by atoms with Crippen LogP contribution in [0, 0.1) is 5.92 Å². The number of hydroxylamine groups is 2. The average molecular weight is 399 g/mol. The molecule has 28 heavy (non-hydrogen) atoms. The second-order valence-electron chi connectivity index (χ2n) is 11.9. The standard InChI is InChI=1S/C23H46N2O3/c1-17-11-20(2,3)24(21(4,5)12-17)15-18(26)16-28-19-13-22(6,7)25(27-10)23(8,9)14-19/h17-19,26H,11-16H2,1-10H3. The number of nitrogens with zero attached hydrogens (tertiary/aromatic N) is 2. The summed E-state index contributed by atoms with van der Waals surface area (Å²) in [6.07, 6.45) is 3.79. The quantitative estimate of drug-likeness (QED) is 0.725. The van der Waals surface area contributed by atoms with E-state index in [1.165, 1.54) is 12.8 Å². The van der Waals surface area contributed by atoms with Crippen LogP contribution in [0.25, 0.3) is 0 Å². The maximum absolute atomic E-state index is 10.8. The summed E-state index contributed by atoms with van der Waals surface area (Å²) >= 11 is 0. The molecule has 2 rings (SSSR count). The highest BCUT2D eigenvalue weighted by molar-refractivity contribution is 5.00. The summed E-state index contributed by atoms with van der Waals surface area (Å²) < 4.78 is 6.25. The fraction of sp³-hybridized carbons (Fsp3) is 1.00. The Hall–Kier alpha value is -0.200. The number of rotatable bonds is 6. The lowest BCUT2D eigenvalue weighted by atomic mass is 9.74. The number of aliphatic hydroxyl groups excluding tert-OH is 1. The number of hydrogen-bond donors (Lipinski definition) is 1. The molecule has 1 N–H and O–H groups in total. The fourth-order valence-electron chi connectivity index (χ4n) is 6.61. The third-order valence-corrected chi connectivity index (χ3v) is 6.81. The number of β-amino-alcohol motifs (C(OH)–C–C–N with tert-alkyl or cyclic N) is 1. The largest absolute Gasteiger partial charge is 0.389 e. The van der Waals surface area contributed by atoms with Gasteiger partial charge in [-0.2, -0.15) is 5.06 Å². The predicted molar refractivity (Wildman–Crippen MR) is 115 cm³/mol. The van der Waals surface area contributed by atoms with Crippen molar-refractivity contribution in [3.05, 3.63) is 0 Å². The van der Waals surface area contributed by atoms with E-state index in [2.05, 4.69) is 72.3 Å². The van der Waals surface area contributed by atoms with E-state index >= 15 is 0 Å². The first-order chi connectivity index (χ1) is 12.6. The molecule has 166 valence electrons. The van der Waals surface area contributed by atoms with Gasteiger partial charge in [-0.05, 0) is 87.0 Å². The third-order valence-electron chi connectivity index (χ3n) is 6.81. The minimum absolute atomic E-state index is 0.0932. The number of piperidine rings is 2. The number of ether oxygens (including phenoxy) is 1. The van der Waals surface area contributed by atoms with Crippen molar-refractivity contribution in [2.45, 2.75) is 122 Å². The summed E-state index contributed by atoms with van der Waals surface area (Å²) in [6, 6.07) is 0. The lowest BCUT2D eigenvalue weighted by Crippen LogP contribution is -2.63. The lowest BCUT2D eigenvalue weighted by Gasteiger charge is -2.55. The van der Waals surface area contributed by atoms with Crippen molar-refractivity contribution in [2.24, 2.45) is 5.92 Å². The molecule has 5 nitrogen and oxygen atoms in total. The van der Waals surface area contributed by atoms with Crippen LogP contribution < -0.4 is 0 Å². The molecular weight excluding hydrogens is 352 g/mol. The summed E-state index contributed by atoms with van der Waals surface area (Å²) in [5.41, 5.74) is -0.00984. The summed E-state index contributed by atoms with van der Waals surface area (Å²) in [6.45, 7) is 21.4. The molecular formula is C23H46N2O3.